The van der Waals surface area contributed by atoms with E-state index < -0.39 is 5.97 Å². The number of ether oxygens (including phenoxy) is 1. The average molecular weight is 399 g/mol. The summed E-state index contributed by atoms with van der Waals surface area (Å²) in [5.41, 5.74) is 2.01. The molecule has 3 rings (SSSR count). The molecule has 0 unspecified atom stereocenters. The van der Waals surface area contributed by atoms with Crippen molar-refractivity contribution in [1.82, 2.24) is 10.2 Å². The number of nitrogens with zero attached hydrogens (tertiary/aromatic N) is 2. The Morgan fingerprint density at radius 2 is 1.82 bits per heavy atom. The summed E-state index contributed by atoms with van der Waals surface area (Å²) in [6, 6.07) is 13.8. The van der Waals surface area contributed by atoms with Gasteiger partial charge in [0.05, 0.1) is 19.3 Å². The van der Waals surface area contributed by atoms with Gasteiger partial charge in [-0.25, -0.2) is 0 Å². The van der Waals surface area contributed by atoms with Crippen LogP contribution in [0.5, 0.6) is 5.75 Å². The van der Waals surface area contributed by atoms with Gasteiger partial charge in [0.1, 0.15) is 5.75 Å². The first-order valence-corrected chi connectivity index (χ1v) is 9.23. The maximum Gasteiger partial charge on any atom is 0.307 e. The number of rotatable bonds is 8. The van der Waals surface area contributed by atoms with E-state index in [1.165, 1.54) is 0 Å². The number of hydrogen-bond acceptors (Lipinski definition) is 7. The topological polar surface area (TPSA) is 115 Å². The molecular weight excluding hydrogens is 382 g/mol. The predicted molar refractivity (Wildman–Crippen MR) is 103 cm³/mol. The highest BCUT2D eigenvalue weighted by Crippen LogP contribution is 2.25. The van der Waals surface area contributed by atoms with Gasteiger partial charge in [0.15, 0.2) is 0 Å². The van der Waals surface area contributed by atoms with Crippen LogP contribution in [0.15, 0.2) is 58.2 Å². The van der Waals surface area contributed by atoms with Gasteiger partial charge >= 0.3 is 5.97 Å². The number of nitrogens with one attached hydrogen (secondary N) is 1. The van der Waals surface area contributed by atoms with Gasteiger partial charge < -0.3 is 19.6 Å². The minimum Gasteiger partial charge on any atom is -0.497 e. The smallest absolute Gasteiger partial charge is 0.307 e. The number of aliphatic carboxylic acids is 1. The third-order valence-electron chi connectivity index (χ3n) is 3.66. The molecule has 0 atom stereocenters. The molecule has 0 radical (unpaired) electrons. The minimum atomic E-state index is -0.901. The van der Waals surface area contributed by atoms with Gasteiger partial charge in [-0.15, -0.1) is 10.2 Å². The zero-order valence-electron chi connectivity index (χ0n) is 14.9. The lowest BCUT2D eigenvalue weighted by molar-refractivity contribution is -0.136. The Bertz CT molecular complexity index is 954. The van der Waals surface area contributed by atoms with E-state index in [2.05, 4.69) is 15.5 Å². The fourth-order valence-electron chi connectivity index (χ4n) is 2.32. The molecule has 28 heavy (non-hydrogen) atoms. The van der Waals surface area contributed by atoms with Crippen molar-refractivity contribution in [3.63, 3.8) is 0 Å². The second-order valence-electron chi connectivity index (χ2n) is 5.71. The molecule has 0 bridgehead atoms. The fraction of sp³-hybridized carbons (Fsp3) is 0.158. The average Bonchev–Trinajstić information content (AvgIpc) is 3.17. The first-order valence-electron chi connectivity index (χ1n) is 8.25. The Labute approximate surface area is 164 Å². The normalized spacial score (nSPS) is 10.5. The number of carbonyl (C=O) groups is 2. The summed E-state index contributed by atoms with van der Waals surface area (Å²) in [5, 5.41) is 19.7. The van der Waals surface area contributed by atoms with Crippen LogP contribution < -0.4 is 10.1 Å². The van der Waals surface area contributed by atoms with Crippen molar-refractivity contribution >= 4 is 29.3 Å². The van der Waals surface area contributed by atoms with E-state index in [1.807, 2.05) is 12.1 Å². The number of methoxy groups -OCH3 is 1. The maximum absolute atomic E-state index is 12.1. The van der Waals surface area contributed by atoms with Gasteiger partial charge in [0.2, 0.25) is 11.8 Å². The Morgan fingerprint density at radius 3 is 2.46 bits per heavy atom. The molecule has 8 nitrogen and oxygen atoms in total. The molecule has 0 saturated carbocycles. The molecule has 2 N–H and O–H groups in total. The second-order valence-corrected chi connectivity index (χ2v) is 6.63. The quantitative estimate of drug-likeness (QED) is 0.555. The van der Waals surface area contributed by atoms with Crippen LogP contribution in [0.2, 0.25) is 0 Å². The summed E-state index contributed by atoms with van der Waals surface area (Å²) < 4.78 is 10.7. The summed E-state index contributed by atoms with van der Waals surface area (Å²) in [6.45, 7) is 0. The van der Waals surface area contributed by atoms with Crippen molar-refractivity contribution in [3.05, 3.63) is 54.1 Å². The number of amides is 1. The molecule has 3 aromatic rings. The van der Waals surface area contributed by atoms with Crippen LogP contribution in [0.4, 0.5) is 5.69 Å². The summed E-state index contributed by atoms with van der Waals surface area (Å²) in [5.74, 6) is 0.0493. The van der Waals surface area contributed by atoms with Gasteiger partial charge in [-0.1, -0.05) is 23.9 Å². The van der Waals surface area contributed by atoms with Gasteiger partial charge in [-0.3, -0.25) is 9.59 Å². The second kappa shape index (κ2) is 9.05. The molecule has 9 heteroatoms. The van der Waals surface area contributed by atoms with E-state index >= 15 is 0 Å². The monoisotopic (exact) mass is 399 g/mol. The van der Waals surface area contributed by atoms with Crippen molar-refractivity contribution < 1.29 is 23.8 Å². The number of benzene rings is 2. The Kier molecular flexibility index (Phi) is 6.28. The zero-order valence-corrected chi connectivity index (χ0v) is 15.7. The summed E-state index contributed by atoms with van der Waals surface area (Å²) in [6.07, 6.45) is -0.0578. The van der Waals surface area contributed by atoms with Crippen LogP contribution in [-0.4, -0.2) is 40.0 Å². The highest BCUT2D eigenvalue weighted by Gasteiger charge is 2.12. The van der Waals surface area contributed by atoms with Gasteiger partial charge in [0, 0.05) is 11.3 Å². The van der Waals surface area contributed by atoms with Gasteiger partial charge in [-0.2, -0.15) is 0 Å². The third-order valence-corrected chi connectivity index (χ3v) is 4.48. The van der Waals surface area contributed by atoms with Crippen LogP contribution in [0.3, 0.4) is 0 Å². The van der Waals surface area contributed by atoms with Crippen molar-refractivity contribution in [3.8, 4) is 17.2 Å². The number of anilines is 1. The highest BCUT2D eigenvalue weighted by molar-refractivity contribution is 7.99. The van der Waals surface area contributed by atoms with Crippen molar-refractivity contribution in [2.45, 2.75) is 11.6 Å². The lowest BCUT2D eigenvalue weighted by Gasteiger charge is -2.05. The Morgan fingerprint density at radius 1 is 1.11 bits per heavy atom. The number of hydrogen-bond donors (Lipinski definition) is 2. The molecule has 0 aliphatic carbocycles. The number of thioether (sulfide) groups is 1. The van der Waals surface area contributed by atoms with E-state index in [0.29, 0.717) is 17.1 Å². The van der Waals surface area contributed by atoms with E-state index in [1.54, 1.807) is 43.5 Å². The van der Waals surface area contributed by atoms with Crippen LogP contribution in [0.25, 0.3) is 11.5 Å². The summed E-state index contributed by atoms with van der Waals surface area (Å²) >= 11 is 1.13. The molecule has 1 amide bonds. The lowest BCUT2D eigenvalue weighted by Crippen LogP contribution is -2.14. The molecule has 1 heterocycles. The molecule has 0 fully saturated rings. The number of carboxylic acids is 1. The molecule has 0 spiro atoms. The van der Waals surface area contributed by atoms with E-state index in [0.717, 1.165) is 23.1 Å². The first kappa shape index (κ1) is 19.4. The predicted octanol–water partition coefficient (Wildman–Crippen LogP) is 3.10. The van der Waals surface area contributed by atoms with Crippen LogP contribution >= 0.6 is 11.8 Å². The highest BCUT2D eigenvalue weighted by atomic mass is 32.2. The van der Waals surface area contributed by atoms with E-state index in [9.17, 15) is 9.59 Å². The largest absolute Gasteiger partial charge is 0.497 e. The molecule has 2 aromatic carbocycles. The lowest BCUT2D eigenvalue weighted by atomic mass is 10.1. The fourth-order valence-corrected chi connectivity index (χ4v) is 2.89. The summed E-state index contributed by atoms with van der Waals surface area (Å²) in [7, 11) is 1.59. The maximum atomic E-state index is 12.1. The minimum absolute atomic E-state index is 0.0578. The van der Waals surface area contributed by atoms with Crippen molar-refractivity contribution in [1.29, 1.82) is 0 Å². The van der Waals surface area contributed by atoms with E-state index in [4.69, 9.17) is 14.3 Å². The summed E-state index contributed by atoms with van der Waals surface area (Å²) in [4.78, 5) is 22.7. The van der Waals surface area contributed by atoms with Crippen LogP contribution in [0, 0.1) is 0 Å². The SMILES string of the molecule is COc1ccc(-c2nnc(SCC(=O)Nc3ccc(CC(=O)O)cc3)o2)cc1. The van der Waals surface area contributed by atoms with Gasteiger partial charge in [0.25, 0.3) is 5.22 Å². The molecule has 0 aliphatic rings. The third kappa shape index (κ3) is 5.34. The van der Waals surface area contributed by atoms with Crippen molar-refractivity contribution in [2.24, 2.45) is 0 Å². The Balaban J connectivity index is 1.52. The van der Waals surface area contributed by atoms with Crippen LogP contribution in [-0.2, 0) is 16.0 Å². The molecule has 0 aliphatic heterocycles. The van der Waals surface area contributed by atoms with Crippen molar-refractivity contribution in [2.75, 3.05) is 18.2 Å². The molecule has 0 saturated heterocycles. The first-order chi connectivity index (χ1) is 13.5. The van der Waals surface area contributed by atoms with E-state index in [-0.39, 0.29) is 23.3 Å². The molecular formula is C19H17N3O5S. The van der Waals surface area contributed by atoms with Gasteiger partial charge in [-0.05, 0) is 42.0 Å². The Hall–Kier alpha value is -3.33. The van der Waals surface area contributed by atoms with Crippen LogP contribution in [0.1, 0.15) is 5.56 Å². The zero-order chi connectivity index (χ0) is 19.9. The molecule has 144 valence electrons. The number of carbonyl (C=O) groups excluding carboxylic acids is 1. The molecule has 1 aromatic heterocycles. The number of aromatic nitrogens is 2. The standard InChI is InChI=1S/C19H17N3O5S/c1-26-15-8-4-13(5-9-15)18-21-22-19(27-18)28-11-16(23)20-14-6-2-12(3-7-14)10-17(24)25/h2-9H,10-11H2,1H3,(H,20,23)(H,24,25). The number of carboxylic acid groups (broad SMARTS) is 1.